The summed E-state index contributed by atoms with van der Waals surface area (Å²) in [5.74, 6) is 0.758. The van der Waals surface area contributed by atoms with Gasteiger partial charge < -0.3 is 9.84 Å². The average Bonchev–Trinajstić information content (AvgIpc) is 2.96. The minimum absolute atomic E-state index is 0.493. The molecule has 1 heterocycles. The quantitative estimate of drug-likeness (QED) is 0.911. The van der Waals surface area contributed by atoms with E-state index in [-0.39, 0.29) is 0 Å². The van der Waals surface area contributed by atoms with Crippen LogP contribution in [0.1, 0.15) is 37.3 Å². The maximum atomic E-state index is 11.8. The van der Waals surface area contributed by atoms with Crippen molar-refractivity contribution in [3.05, 3.63) is 27.7 Å². The summed E-state index contributed by atoms with van der Waals surface area (Å²) in [5, 5.41) is 9.71. The summed E-state index contributed by atoms with van der Waals surface area (Å²) in [5.41, 5.74) is 1.63. The van der Waals surface area contributed by atoms with E-state index in [1.54, 1.807) is 0 Å². The number of carboxylic acid groups (broad SMARTS) is 1. The number of hydrogen-bond donors (Lipinski definition) is 1. The Morgan fingerprint density at radius 2 is 2.35 bits per heavy atom. The van der Waals surface area contributed by atoms with E-state index in [2.05, 4.69) is 28.9 Å². The van der Waals surface area contributed by atoms with Gasteiger partial charge in [-0.05, 0) is 54.9 Å². The highest BCUT2D eigenvalue weighted by atomic mass is 79.9. The largest absolute Gasteiger partial charge is 0.493 e. The number of rotatable bonds is 3. The third-order valence-corrected chi connectivity index (χ3v) is 5.12. The summed E-state index contributed by atoms with van der Waals surface area (Å²) in [7, 11) is 0. The third kappa shape index (κ3) is 2.34. The molecule has 2 atom stereocenters. The predicted molar refractivity (Wildman–Crippen MR) is 80.1 cm³/mol. The maximum Gasteiger partial charge on any atom is 0.309 e. The van der Waals surface area contributed by atoms with E-state index in [9.17, 15) is 9.90 Å². The molecule has 2 unspecified atom stereocenters. The first-order chi connectivity index (χ1) is 9.50. The molecule has 1 saturated carbocycles. The Morgan fingerprint density at radius 3 is 3.00 bits per heavy atom. The predicted octanol–water partition coefficient (Wildman–Crippen LogP) is 3.82. The molecule has 20 heavy (non-hydrogen) atoms. The molecule has 1 fully saturated rings. The van der Waals surface area contributed by atoms with Crippen molar-refractivity contribution in [3.63, 3.8) is 0 Å². The van der Waals surface area contributed by atoms with Gasteiger partial charge in [0, 0.05) is 10.9 Å². The van der Waals surface area contributed by atoms with Crippen LogP contribution in [-0.2, 0) is 17.6 Å². The van der Waals surface area contributed by atoms with E-state index in [1.165, 1.54) is 5.56 Å². The van der Waals surface area contributed by atoms with Gasteiger partial charge in [-0.3, -0.25) is 4.79 Å². The molecule has 1 aromatic carbocycles. The molecule has 0 radical (unpaired) electrons. The number of benzene rings is 1. The fraction of sp³-hybridized carbons (Fsp3) is 0.562. The van der Waals surface area contributed by atoms with E-state index in [0.29, 0.717) is 18.9 Å². The van der Waals surface area contributed by atoms with Crippen LogP contribution in [0.3, 0.4) is 0 Å². The van der Waals surface area contributed by atoms with Gasteiger partial charge in [-0.2, -0.15) is 0 Å². The Kier molecular flexibility index (Phi) is 3.53. The summed E-state index contributed by atoms with van der Waals surface area (Å²) in [6.07, 6.45) is 4.03. The lowest BCUT2D eigenvalue weighted by Crippen LogP contribution is -2.30. The summed E-state index contributed by atoms with van der Waals surface area (Å²) in [4.78, 5) is 11.8. The first kappa shape index (κ1) is 13.9. The van der Waals surface area contributed by atoms with Gasteiger partial charge in [-0.1, -0.05) is 22.9 Å². The molecule has 0 spiro atoms. The second-order valence-electron chi connectivity index (χ2n) is 6.26. The van der Waals surface area contributed by atoms with E-state index < -0.39 is 11.4 Å². The van der Waals surface area contributed by atoms with Gasteiger partial charge in [-0.15, -0.1) is 0 Å². The Morgan fingerprint density at radius 1 is 1.55 bits per heavy atom. The van der Waals surface area contributed by atoms with Crippen LogP contribution in [0.4, 0.5) is 0 Å². The SMILES string of the molecule is CC1CCC(Cc2cc(Br)cc3c2OCC3)(C(=O)O)C1. The fourth-order valence-corrected chi connectivity index (χ4v) is 4.22. The standard InChI is InChI=1S/C16H19BrO3/c1-10-2-4-16(8-10,15(18)19)9-12-7-13(17)6-11-3-5-20-14(11)12/h6-7,10H,2-5,8-9H2,1H3,(H,18,19). The van der Waals surface area contributed by atoms with Crippen molar-refractivity contribution in [2.75, 3.05) is 6.61 Å². The topological polar surface area (TPSA) is 46.5 Å². The molecule has 1 N–H and O–H groups in total. The van der Waals surface area contributed by atoms with Crippen molar-refractivity contribution in [1.29, 1.82) is 0 Å². The van der Waals surface area contributed by atoms with Crippen LogP contribution in [0.15, 0.2) is 16.6 Å². The Balaban J connectivity index is 1.96. The lowest BCUT2D eigenvalue weighted by molar-refractivity contribution is -0.148. The lowest BCUT2D eigenvalue weighted by atomic mass is 9.79. The van der Waals surface area contributed by atoms with E-state index in [4.69, 9.17) is 4.74 Å². The van der Waals surface area contributed by atoms with E-state index in [1.807, 2.05) is 6.07 Å². The normalized spacial score (nSPS) is 28.2. The van der Waals surface area contributed by atoms with Gasteiger partial charge in [0.15, 0.2) is 0 Å². The number of ether oxygens (including phenoxy) is 1. The van der Waals surface area contributed by atoms with Crippen LogP contribution in [0, 0.1) is 11.3 Å². The molecule has 4 heteroatoms. The monoisotopic (exact) mass is 338 g/mol. The van der Waals surface area contributed by atoms with Gasteiger partial charge in [0.1, 0.15) is 5.75 Å². The molecule has 1 aromatic rings. The zero-order valence-electron chi connectivity index (χ0n) is 11.6. The Bertz CT molecular complexity index is 555. The van der Waals surface area contributed by atoms with Crippen molar-refractivity contribution in [2.24, 2.45) is 11.3 Å². The summed E-state index contributed by atoms with van der Waals surface area (Å²) < 4.78 is 6.75. The van der Waals surface area contributed by atoms with Crippen molar-refractivity contribution < 1.29 is 14.6 Å². The van der Waals surface area contributed by atoms with E-state index in [0.717, 1.165) is 41.5 Å². The van der Waals surface area contributed by atoms with Gasteiger partial charge in [0.2, 0.25) is 0 Å². The number of carboxylic acids is 1. The lowest BCUT2D eigenvalue weighted by Gasteiger charge is -2.25. The first-order valence-corrected chi connectivity index (χ1v) is 7.97. The molecule has 0 saturated heterocycles. The number of halogens is 1. The van der Waals surface area contributed by atoms with Crippen LogP contribution < -0.4 is 4.74 Å². The molecule has 1 aliphatic carbocycles. The number of aliphatic carboxylic acids is 1. The smallest absolute Gasteiger partial charge is 0.309 e. The maximum absolute atomic E-state index is 11.8. The number of hydrogen-bond acceptors (Lipinski definition) is 2. The molecule has 3 rings (SSSR count). The zero-order chi connectivity index (χ0) is 14.3. The van der Waals surface area contributed by atoms with Gasteiger partial charge in [0.25, 0.3) is 0 Å². The second kappa shape index (κ2) is 5.06. The molecular weight excluding hydrogens is 320 g/mol. The first-order valence-electron chi connectivity index (χ1n) is 7.18. The molecule has 0 amide bonds. The zero-order valence-corrected chi connectivity index (χ0v) is 13.2. The van der Waals surface area contributed by atoms with Crippen LogP contribution in [-0.4, -0.2) is 17.7 Å². The molecule has 3 nitrogen and oxygen atoms in total. The average molecular weight is 339 g/mol. The van der Waals surface area contributed by atoms with Crippen LogP contribution in [0.5, 0.6) is 5.75 Å². The third-order valence-electron chi connectivity index (χ3n) is 4.66. The van der Waals surface area contributed by atoms with Crippen LogP contribution in [0.2, 0.25) is 0 Å². The molecule has 2 aliphatic rings. The summed E-state index contributed by atoms with van der Waals surface area (Å²) >= 11 is 3.53. The van der Waals surface area contributed by atoms with E-state index >= 15 is 0 Å². The minimum Gasteiger partial charge on any atom is -0.493 e. The molecule has 108 valence electrons. The summed E-state index contributed by atoms with van der Waals surface area (Å²) in [6, 6.07) is 4.11. The second-order valence-corrected chi connectivity index (χ2v) is 7.18. The molecule has 0 aromatic heterocycles. The van der Waals surface area contributed by atoms with Gasteiger partial charge in [0.05, 0.1) is 12.0 Å². The minimum atomic E-state index is -0.659. The van der Waals surface area contributed by atoms with Crippen LogP contribution >= 0.6 is 15.9 Å². The number of fused-ring (bicyclic) bond motifs is 1. The highest BCUT2D eigenvalue weighted by Crippen LogP contribution is 2.46. The van der Waals surface area contributed by atoms with Gasteiger partial charge >= 0.3 is 5.97 Å². The highest BCUT2D eigenvalue weighted by Gasteiger charge is 2.44. The van der Waals surface area contributed by atoms with Crippen molar-refractivity contribution in [1.82, 2.24) is 0 Å². The van der Waals surface area contributed by atoms with Crippen molar-refractivity contribution in [3.8, 4) is 5.75 Å². The Labute approximate surface area is 127 Å². The van der Waals surface area contributed by atoms with Crippen molar-refractivity contribution in [2.45, 2.75) is 39.0 Å². The fourth-order valence-electron chi connectivity index (χ4n) is 3.67. The number of carbonyl (C=O) groups is 1. The summed E-state index contributed by atoms with van der Waals surface area (Å²) in [6.45, 7) is 2.85. The molecule has 1 aliphatic heterocycles. The van der Waals surface area contributed by atoms with Crippen LogP contribution in [0.25, 0.3) is 0 Å². The Hall–Kier alpha value is -1.03. The molecular formula is C16H19BrO3. The van der Waals surface area contributed by atoms with Crippen molar-refractivity contribution >= 4 is 21.9 Å². The highest BCUT2D eigenvalue weighted by molar-refractivity contribution is 9.10. The van der Waals surface area contributed by atoms with Gasteiger partial charge in [-0.25, -0.2) is 0 Å². The molecule has 0 bridgehead atoms.